The van der Waals surface area contributed by atoms with E-state index in [4.69, 9.17) is 4.42 Å². The molecule has 0 aromatic carbocycles. The Morgan fingerprint density at radius 2 is 2.00 bits per heavy atom. The maximum absolute atomic E-state index is 12.6. The van der Waals surface area contributed by atoms with Gasteiger partial charge in [0.05, 0.1) is 11.4 Å². The summed E-state index contributed by atoms with van der Waals surface area (Å²) in [6, 6.07) is 5.99. The van der Waals surface area contributed by atoms with Gasteiger partial charge in [-0.25, -0.2) is 0 Å². The molecule has 2 aromatic heterocycles. The fourth-order valence-electron chi connectivity index (χ4n) is 3.01. The Bertz CT molecular complexity index is 630. The molecular formula is C18H23NO2S. The van der Waals surface area contributed by atoms with E-state index in [-0.39, 0.29) is 5.91 Å². The summed E-state index contributed by atoms with van der Waals surface area (Å²) in [5.41, 5.74) is 1.40. The van der Waals surface area contributed by atoms with Crippen molar-refractivity contribution in [1.82, 2.24) is 4.90 Å². The van der Waals surface area contributed by atoms with Gasteiger partial charge >= 0.3 is 0 Å². The first kappa shape index (κ1) is 15.3. The number of carbonyl (C=O) groups is 1. The van der Waals surface area contributed by atoms with Crippen molar-refractivity contribution < 1.29 is 9.21 Å². The second-order valence-corrected chi connectivity index (χ2v) is 7.28. The Labute approximate surface area is 135 Å². The van der Waals surface area contributed by atoms with Crippen LogP contribution in [0.4, 0.5) is 0 Å². The summed E-state index contributed by atoms with van der Waals surface area (Å²) in [5.74, 6) is 1.82. The van der Waals surface area contributed by atoms with Crippen molar-refractivity contribution >= 4 is 17.2 Å². The van der Waals surface area contributed by atoms with Crippen molar-refractivity contribution in [1.29, 1.82) is 0 Å². The number of thiophene rings is 1. The van der Waals surface area contributed by atoms with Gasteiger partial charge in [-0.05, 0) is 56.4 Å². The minimum absolute atomic E-state index is 0.103. The minimum atomic E-state index is 0.103. The zero-order chi connectivity index (χ0) is 15.5. The number of nitrogens with zero attached hydrogens (tertiary/aromatic N) is 1. The Hall–Kier alpha value is -1.55. The fourth-order valence-corrected chi connectivity index (χ4v) is 4.26. The molecule has 1 aliphatic carbocycles. The average molecular weight is 317 g/mol. The van der Waals surface area contributed by atoms with Crippen LogP contribution in [-0.4, -0.2) is 17.9 Å². The van der Waals surface area contributed by atoms with E-state index in [1.54, 1.807) is 16.2 Å². The average Bonchev–Trinajstić information content (AvgIpc) is 3.04. The van der Waals surface area contributed by atoms with E-state index < -0.39 is 0 Å². The molecule has 2 aromatic rings. The van der Waals surface area contributed by atoms with Gasteiger partial charge in [-0.2, -0.15) is 0 Å². The largest absolute Gasteiger partial charge is 0.464 e. The van der Waals surface area contributed by atoms with Gasteiger partial charge in [0.2, 0.25) is 0 Å². The maximum Gasteiger partial charge on any atom is 0.264 e. The molecule has 0 atom stereocenters. The highest BCUT2D eigenvalue weighted by Crippen LogP contribution is 2.29. The van der Waals surface area contributed by atoms with Crippen LogP contribution in [0.1, 0.15) is 57.3 Å². The summed E-state index contributed by atoms with van der Waals surface area (Å²) < 4.78 is 5.56. The lowest BCUT2D eigenvalue weighted by atomic mass is 10.00. The molecule has 0 aliphatic heterocycles. The molecule has 3 nitrogen and oxygen atoms in total. The summed E-state index contributed by atoms with van der Waals surface area (Å²) in [6.07, 6.45) is 7.39. The summed E-state index contributed by atoms with van der Waals surface area (Å²) in [5, 5.41) is 0. The number of rotatable bonds is 3. The third-order valence-corrected chi connectivity index (χ3v) is 5.47. The Morgan fingerprint density at radius 3 is 2.73 bits per heavy atom. The second kappa shape index (κ2) is 6.69. The lowest BCUT2D eigenvalue weighted by molar-refractivity contribution is 0.0779. The highest BCUT2D eigenvalue weighted by atomic mass is 32.1. The summed E-state index contributed by atoms with van der Waals surface area (Å²) in [4.78, 5) is 16.7. The third kappa shape index (κ3) is 3.43. The van der Waals surface area contributed by atoms with Crippen molar-refractivity contribution in [3.8, 4) is 0 Å². The summed E-state index contributed by atoms with van der Waals surface area (Å²) in [7, 11) is 1.84. The van der Waals surface area contributed by atoms with E-state index in [1.165, 1.54) is 36.1 Å². The van der Waals surface area contributed by atoms with Crippen LogP contribution in [0.5, 0.6) is 0 Å². The minimum Gasteiger partial charge on any atom is -0.464 e. The number of carbonyl (C=O) groups excluding carboxylic acids is 1. The van der Waals surface area contributed by atoms with E-state index in [2.05, 4.69) is 6.07 Å². The molecule has 0 spiro atoms. The first-order chi connectivity index (χ1) is 10.6. The van der Waals surface area contributed by atoms with Crippen molar-refractivity contribution in [3.05, 3.63) is 45.0 Å². The van der Waals surface area contributed by atoms with Crippen LogP contribution >= 0.6 is 11.3 Å². The normalized spacial score (nSPS) is 15.0. The smallest absolute Gasteiger partial charge is 0.264 e. The molecule has 2 heterocycles. The van der Waals surface area contributed by atoms with Gasteiger partial charge < -0.3 is 9.32 Å². The highest BCUT2D eigenvalue weighted by molar-refractivity contribution is 7.14. The van der Waals surface area contributed by atoms with Crippen molar-refractivity contribution in [2.24, 2.45) is 0 Å². The number of furan rings is 1. The van der Waals surface area contributed by atoms with Crippen molar-refractivity contribution in [2.75, 3.05) is 7.05 Å². The number of hydrogen-bond acceptors (Lipinski definition) is 3. The van der Waals surface area contributed by atoms with Crippen LogP contribution in [0.3, 0.4) is 0 Å². The molecule has 1 amide bonds. The lowest BCUT2D eigenvalue weighted by Crippen LogP contribution is -2.25. The Morgan fingerprint density at radius 1 is 1.23 bits per heavy atom. The first-order valence-electron chi connectivity index (χ1n) is 8.06. The second-order valence-electron chi connectivity index (χ2n) is 6.15. The molecule has 0 N–H and O–H groups in total. The van der Waals surface area contributed by atoms with Crippen LogP contribution in [-0.2, 0) is 19.4 Å². The number of amides is 1. The van der Waals surface area contributed by atoms with E-state index in [0.717, 1.165) is 29.2 Å². The van der Waals surface area contributed by atoms with Crippen LogP contribution in [0.15, 0.2) is 22.6 Å². The SMILES string of the molecule is Cc1ccc(CN(C)C(=O)c2cc3c(s2)CCCCCC3)o1. The van der Waals surface area contributed by atoms with Gasteiger partial charge in [-0.3, -0.25) is 4.79 Å². The van der Waals surface area contributed by atoms with Crippen LogP contribution in [0.2, 0.25) is 0 Å². The number of hydrogen-bond donors (Lipinski definition) is 0. The molecule has 0 saturated heterocycles. The van der Waals surface area contributed by atoms with Gasteiger partial charge in [-0.1, -0.05) is 12.8 Å². The van der Waals surface area contributed by atoms with Crippen LogP contribution < -0.4 is 0 Å². The topological polar surface area (TPSA) is 33.5 Å². The monoisotopic (exact) mass is 317 g/mol. The molecule has 1 aliphatic rings. The molecule has 3 rings (SSSR count). The molecule has 4 heteroatoms. The maximum atomic E-state index is 12.6. The predicted molar refractivity (Wildman–Crippen MR) is 89.4 cm³/mol. The predicted octanol–water partition coefficient (Wildman–Crippen LogP) is 4.58. The van der Waals surface area contributed by atoms with Crippen LogP contribution in [0, 0.1) is 6.92 Å². The summed E-state index contributed by atoms with van der Waals surface area (Å²) >= 11 is 1.69. The molecule has 0 saturated carbocycles. The molecule has 0 radical (unpaired) electrons. The molecule has 22 heavy (non-hydrogen) atoms. The van der Waals surface area contributed by atoms with Crippen LogP contribution in [0.25, 0.3) is 0 Å². The number of aryl methyl sites for hydroxylation is 3. The number of fused-ring (bicyclic) bond motifs is 1. The zero-order valence-electron chi connectivity index (χ0n) is 13.4. The van der Waals surface area contributed by atoms with E-state index in [1.807, 2.05) is 26.1 Å². The van der Waals surface area contributed by atoms with E-state index in [0.29, 0.717) is 6.54 Å². The van der Waals surface area contributed by atoms with Gasteiger partial charge in [0.25, 0.3) is 5.91 Å². The fraction of sp³-hybridized carbons (Fsp3) is 0.500. The quantitative estimate of drug-likeness (QED) is 0.830. The van der Waals surface area contributed by atoms with Gasteiger partial charge in [0.15, 0.2) is 0 Å². The van der Waals surface area contributed by atoms with E-state index >= 15 is 0 Å². The Kier molecular flexibility index (Phi) is 4.67. The zero-order valence-corrected chi connectivity index (χ0v) is 14.2. The standard InChI is InChI=1S/C18H23NO2S/c1-13-9-10-15(21-13)12-19(2)18(20)17-11-14-7-5-3-4-6-8-16(14)22-17/h9-11H,3-8,12H2,1-2H3. The highest BCUT2D eigenvalue weighted by Gasteiger charge is 2.19. The first-order valence-corrected chi connectivity index (χ1v) is 8.87. The molecule has 0 bridgehead atoms. The van der Waals surface area contributed by atoms with Gasteiger partial charge in [0.1, 0.15) is 11.5 Å². The molecule has 0 unspecified atom stereocenters. The molecule has 118 valence electrons. The summed E-state index contributed by atoms with van der Waals surface area (Å²) in [6.45, 7) is 2.44. The van der Waals surface area contributed by atoms with Gasteiger partial charge in [0, 0.05) is 11.9 Å². The van der Waals surface area contributed by atoms with Crippen molar-refractivity contribution in [2.45, 2.75) is 52.0 Å². The molecule has 0 fully saturated rings. The van der Waals surface area contributed by atoms with Gasteiger partial charge in [-0.15, -0.1) is 11.3 Å². The Balaban J connectivity index is 1.72. The molecular weight excluding hydrogens is 294 g/mol. The van der Waals surface area contributed by atoms with E-state index in [9.17, 15) is 4.79 Å². The third-order valence-electron chi connectivity index (χ3n) is 4.24. The van der Waals surface area contributed by atoms with Crippen molar-refractivity contribution in [3.63, 3.8) is 0 Å². The lowest BCUT2D eigenvalue weighted by Gasteiger charge is -2.14.